The molecule has 0 heterocycles. The van der Waals surface area contributed by atoms with E-state index in [9.17, 15) is 22.0 Å². The largest absolute Gasteiger partial charge is 0.455 e. The molecule has 0 radical (unpaired) electrons. The SMILES string of the molecule is N[C@@H](c1cc(Cl)ccc1Cl)C(F)(F)C(F)(F)F. The number of alkyl halides is 5. The lowest BCUT2D eigenvalue weighted by atomic mass is 10.0. The summed E-state index contributed by atoms with van der Waals surface area (Å²) in [6.07, 6.45) is -5.75. The minimum absolute atomic E-state index is 0.0298. The maximum Gasteiger partial charge on any atom is 0.455 e. The lowest BCUT2D eigenvalue weighted by molar-refractivity contribution is -0.290. The van der Waals surface area contributed by atoms with Gasteiger partial charge >= 0.3 is 12.1 Å². The molecular weight excluding hydrogens is 288 g/mol. The van der Waals surface area contributed by atoms with Crippen molar-refractivity contribution in [1.82, 2.24) is 0 Å². The zero-order valence-electron chi connectivity index (χ0n) is 8.03. The molecule has 0 bridgehead atoms. The van der Waals surface area contributed by atoms with Gasteiger partial charge in [0.15, 0.2) is 0 Å². The second-order valence-electron chi connectivity index (χ2n) is 3.26. The predicted octanol–water partition coefficient (Wildman–Crippen LogP) is 4.19. The van der Waals surface area contributed by atoms with Crippen molar-refractivity contribution in [3.63, 3.8) is 0 Å². The zero-order valence-corrected chi connectivity index (χ0v) is 9.54. The lowest BCUT2D eigenvalue weighted by Crippen LogP contribution is -2.45. The van der Waals surface area contributed by atoms with E-state index < -0.39 is 23.7 Å². The fraction of sp³-hybridized carbons (Fsp3) is 0.333. The van der Waals surface area contributed by atoms with Crippen molar-refractivity contribution in [2.24, 2.45) is 5.73 Å². The van der Waals surface area contributed by atoms with Gasteiger partial charge in [0.2, 0.25) is 0 Å². The average Bonchev–Trinajstić information content (AvgIpc) is 2.19. The van der Waals surface area contributed by atoms with E-state index in [2.05, 4.69) is 0 Å². The van der Waals surface area contributed by atoms with Gasteiger partial charge in [-0.15, -0.1) is 0 Å². The summed E-state index contributed by atoms with van der Waals surface area (Å²) in [4.78, 5) is 0. The van der Waals surface area contributed by atoms with Gasteiger partial charge < -0.3 is 5.73 Å². The van der Waals surface area contributed by atoms with Crippen molar-refractivity contribution >= 4 is 23.2 Å². The van der Waals surface area contributed by atoms with Crippen molar-refractivity contribution in [2.75, 3.05) is 0 Å². The van der Waals surface area contributed by atoms with Crippen molar-refractivity contribution < 1.29 is 22.0 Å². The molecule has 0 fully saturated rings. The molecule has 1 aromatic carbocycles. The van der Waals surface area contributed by atoms with E-state index in [4.69, 9.17) is 28.9 Å². The summed E-state index contributed by atoms with van der Waals surface area (Å²) >= 11 is 11.0. The van der Waals surface area contributed by atoms with Crippen LogP contribution in [-0.4, -0.2) is 12.1 Å². The topological polar surface area (TPSA) is 26.0 Å². The molecule has 0 aliphatic carbocycles. The minimum atomic E-state index is -5.75. The summed E-state index contributed by atoms with van der Waals surface area (Å²) in [6, 6.07) is 0.639. The molecule has 8 heteroatoms. The molecule has 17 heavy (non-hydrogen) atoms. The summed E-state index contributed by atoms with van der Waals surface area (Å²) in [5, 5.41) is -0.330. The molecule has 0 amide bonds. The van der Waals surface area contributed by atoms with E-state index in [1.54, 1.807) is 0 Å². The molecule has 0 aromatic heterocycles. The highest BCUT2D eigenvalue weighted by atomic mass is 35.5. The second-order valence-corrected chi connectivity index (χ2v) is 4.11. The Kier molecular flexibility index (Phi) is 3.91. The quantitative estimate of drug-likeness (QED) is 0.813. The van der Waals surface area contributed by atoms with Crippen LogP contribution in [0.2, 0.25) is 10.0 Å². The van der Waals surface area contributed by atoms with Gasteiger partial charge in [0.25, 0.3) is 0 Å². The Hall–Kier alpha value is -0.590. The van der Waals surface area contributed by atoms with Gasteiger partial charge in [-0.1, -0.05) is 23.2 Å². The van der Waals surface area contributed by atoms with E-state index in [1.165, 1.54) is 6.07 Å². The van der Waals surface area contributed by atoms with Crippen LogP contribution in [0.25, 0.3) is 0 Å². The first-order chi connectivity index (χ1) is 7.57. The monoisotopic (exact) mass is 293 g/mol. The Morgan fingerprint density at radius 3 is 2.06 bits per heavy atom. The van der Waals surface area contributed by atoms with Crippen LogP contribution in [0.3, 0.4) is 0 Å². The normalized spacial score (nSPS) is 14.8. The maximum absolute atomic E-state index is 13.0. The molecule has 2 N–H and O–H groups in total. The van der Waals surface area contributed by atoms with E-state index in [1.807, 2.05) is 0 Å². The molecule has 1 nitrogen and oxygen atoms in total. The van der Waals surface area contributed by atoms with Gasteiger partial charge in [0.1, 0.15) is 6.04 Å². The molecule has 0 aliphatic rings. The summed E-state index contributed by atoms with van der Waals surface area (Å²) in [7, 11) is 0. The van der Waals surface area contributed by atoms with E-state index >= 15 is 0 Å². The molecule has 1 atom stereocenters. The molecule has 96 valence electrons. The van der Waals surface area contributed by atoms with Crippen LogP contribution in [0.15, 0.2) is 18.2 Å². The number of hydrogen-bond donors (Lipinski definition) is 1. The summed E-state index contributed by atoms with van der Waals surface area (Å²) in [5.41, 5.74) is 4.36. The number of benzene rings is 1. The molecule has 1 rings (SSSR count). The first kappa shape index (κ1) is 14.5. The predicted molar refractivity (Wildman–Crippen MR) is 54.4 cm³/mol. The number of hydrogen-bond acceptors (Lipinski definition) is 1. The molecule has 0 unspecified atom stereocenters. The van der Waals surface area contributed by atoms with Gasteiger partial charge in [0, 0.05) is 10.0 Å². The summed E-state index contributed by atoms with van der Waals surface area (Å²) in [5.74, 6) is -5.08. The van der Waals surface area contributed by atoms with Gasteiger partial charge in [0.05, 0.1) is 0 Å². The van der Waals surface area contributed by atoms with Crippen LogP contribution < -0.4 is 5.73 Å². The van der Waals surface area contributed by atoms with E-state index in [0.717, 1.165) is 12.1 Å². The molecule has 0 saturated heterocycles. The number of nitrogens with two attached hydrogens (primary N) is 1. The van der Waals surface area contributed by atoms with Crippen molar-refractivity contribution in [1.29, 1.82) is 0 Å². The Morgan fingerprint density at radius 1 is 1.06 bits per heavy atom. The van der Waals surface area contributed by atoms with Gasteiger partial charge in [-0.25, -0.2) is 0 Å². The van der Waals surface area contributed by atoms with Crippen molar-refractivity contribution in [2.45, 2.75) is 18.1 Å². The number of halogens is 7. The Labute approximate surface area is 103 Å². The molecule has 0 saturated carbocycles. The van der Waals surface area contributed by atoms with Crippen LogP contribution in [0, 0.1) is 0 Å². The van der Waals surface area contributed by atoms with Crippen LogP contribution in [0.5, 0.6) is 0 Å². The summed E-state index contributed by atoms with van der Waals surface area (Å²) in [6.45, 7) is 0. The first-order valence-electron chi connectivity index (χ1n) is 4.22. The van der Waals surface area contributed by atoms with Crippen molar-refractivity contribution in [3.05, 3.63) is 33.8 Å². The van der Waals surface area contributed by atoms with Crippen LogP contribution in [-0.2, 0) is 0 Å². The highest BCUT2D eigenvalue weighted by Crippen LogP contribution is 2.44. The Bertz CT molecular complexity index is 418. The third-order valence-corrected chi connectivity index (χ3v) is 2.64. The van der Waals surface area contributed by atoms with Gasteiger partial charge in [-0.2, -0.15) is 22.0 Å². The second kappa shape index (κ2) is 4.59. The van der Waals surface area contributed by atoms with Crippen LogP contribution in [0.4, 0.5) is 22.0 Å². The standard InChI is InChI=1S/C9H6Cl2F5N/c10-4-1-2-6(11)5(3-4)7(17)8(12,13)9(14,15)16/h1-3,7H,17H2/t7-/m0/s1. The fourth-order valence-electron chi connectivity index (χ4n) is 1.12. The van der Waals surface area contributed by atoms with Crippen LogP contribution in [0.1, 0.15) is 11.6 Å². The summed E-state index contributed by atoms with van der Waals surface area (Å²) < 4.78 is 62.2. The molecule has 0 aliphatic heterocycles. The highest BCUT2D eigenvalue weighted by molar-refractivity contribution is 6.33. The van der Waals surface area contributed by atoms with Gasteiger partial charge in [-0.05, 0) is 23.8 Å². The average molecular weight is 294 g/mol. The third kappa shape index (κ3) is 2.81. The molecular formula is C9H6Cl2F5N. The molecule has 1 aromatic rings. The fourth-order valence-corrected chi connectivity index (χ4v) is 1.54. The van der Waals surface area contributed by atoms with Crippen molar-refractivity contribution in [3.8, 4) is 0 Å². The molecule has 0 spiro atoms. The van der Waals surface area contributed by atoms with Gasteiger partial charge in [-0.3, -0.25) is 0 Å². The smallest absolute Gasteiger partial charge is 0.319 e. The minimum Gasteiger partial charge on any atom is -0.319 e. The lowest BCUT2D eigenvalue weighted by Gasteiger charge is -2.26. The maximum atomic E-state index is 13.0. The van der Waals surface area contributed by atoms with E-state index in [-0.39, 0.29) is 10.0 Å². The Morgan fingerprint density at radius 2 is 1.59 bits per heavy atom. The van der Waals surface area contributed by atoms with Crippen LogP contribution >= 0.6 is 23.2 Å². The van der Waals surface area contributed by atoms with E-state index in [0.29, 0.717) is 0 Å². The zero-order chi connectivity index (χ0) is 13.4. The highest BCUT2D eigenvalue weighted by Gasteiger charge is 2.62. The Balaban J connectivity index is 3.21. The number of rotatable bonds is 2. The third-order valence-electron chi connectivity index (χ3n) is 2.06. The first-order valence-corrected chi connectivity index (χ1v) is 4.98.